The maximum absolute atomic E-state index is 13.1. The van der Waals surface area contributed by atoms with E-state index in [9.17, 15) is 9.59 Å². The van der Waals surface area contributed by atoms with Gasteiger partial charge in [0.25, 0.3) is 5.91 Å². The van der Waals surface area contributed by atoms with E-state index in [0.29, 0.717) is 0 Å². The molecule has 0 bridgehead atoms. The second-order valence-electron chi connectivity index (χ2n) is 8.98. The normalized spacial score (nSPS) is 11.2. The lowest BCUT2D eigenvalue weighted by Crippen LogP contribution is -2.37. The molecule has 38 heavy (non-hydrogen) atoms. The zero-order valence-corrected chi connectivity index (χ0v) is 20.8. The molecule has 0 unspecified atom stereocenters. The first-order valence-corrected chi connectivity index (χ1v) is 12.5. The molecule has 0 saturated heterocycles. The van der Waals surface area contributed by atoms with Gasteiger partial charge in [-0.3, -0.25) is 9.59 Å². The fourth-order valence-electron chi connectivity index (χ4n) is 4.56. The van der Waals surface area contributed by atoms with Crippen LogP contribution in [-0.4, -0.2) is 29.1 Å². The number of hydrogen-bond donors (Lipinski definition) is 2. The van der Waals surface area contributed by atoms with Crippen LogP contribution in [0.1, 0.15) is 28.2 Å². The Morgan fingerprint density at radius 3 is 2.00 bits per heavy atom. The zero-order valence-electron chi connectivity index (χ0n) is 20.8. The molecule has 5 aromatic rings. The summed E-state index contributed by atoms with van der Waals surface area (Å²) in [6.07, 6.45) is 3.67. The molecule has 0 fully saturated rings. The lowest BCUT2D eigenvalue weighted by atomic mass is 9.90. The van der Waals surface area contributed by atoms with E-state index in [1.165, 1.54) is 5.56 Å². The largest absolute Gasteiger partial charge is 0.346 e. The summed E-state index contributed by atoms with van der Waals surface area (Å²) < 4.78 is 2.17. The minimum atomic E-state index is -0.510. The quantitative estimate of drug-likeness (QED) is 0.219. The molecule has 0 aliphatic heterocycles. The molecule has 2 amide bonds. The number of aromatic nitrogens is 1. The van der Waals surface area contributed by atoms with Crippen LogP contribution < -0.4 is 10.7 Å². The smallest absolute Gasteiger partial charge is 0.259 e. The molecule has 0 aliphatic carbocycles. The molecule has 0 aliphatic rings. The van der Waals surface area contributed by atoms with E-state index in [-0.39, 0.29) is 12.5 Å². The predicted molar refractivity (Wildman–Crippen MR) is 151 cm³/mol. The molecular formula is C32H28N4O2. The van der Waals surface area contributed by atoms with E-state index in [2.05, 4.69) is 38.6 Å². The maximum Gasteiger partial charge on any atom is 0.259 e. The van der Waals surface area contributed by atoms with Crippen molar-refractivity contribution in [2.75, 3.05) is 6.54 Å². The SMILES string of the molecule is O=C(CNC(=O)C(c1ccccc1)c1ccccc1)N/N=C/c1cn(Cc2ccccc2)c2ccccc12. The number of fused-ring (bicyclic) bond motifs is 1. The number of carbonyl (C=O) groups excluding carboxylic acids is 2. The average Bonchev–Trinajstić information content (AvgIpc) is 3.31. The van der Waals surface area contributed by atoms with Crippen molar-refractivity contribution in [3.05, 3.63) is 144 Å². The van der Waals surface area contributed by atoms with Gasteiger partial charge in [0.15, 0.2) is 0 Å². The molecule has 2 N–H and O–H groups in total. The lowest BCUT2D eigenvalue weighted by Gasteiger charge is -2.17. The second kappa shape index (κ2) is 11.8. The Balaban J connectivity index is 1.23. The van der Waals surface area contributed by atoms with Gasteiger partial charge in [-0.2, -0.15) is 5.10 Å². The topological polar surface area (TPSA) is 75.5 Å². The molecule has 0 atom stereocenters. The number of hydrogen-bond acceptors (Lipinski definition) is 3. The minimum absolute atomic E-state index is 0.178. The zero-order chi connectivity index (χ0) is 26.2. The Morgan fingerprint density at radius 1 is 0.763 bits per heavy atom. The molecule has 0 radical (unpaired) electrons. The highest BCUT2D eigenvalue weighted by molar-refractivity contribution is 6.00. The number of rotatable bonds is 9. The Bertz CT molecular complexity index is 1500. The van der Waals surface area contributed by atoms with E-state index >= 15 is 0 Å². The maximum atomic E-state index is 13.1. The Kier molecular flexibility index (Phi) is 7.70. The van der Waals surface area contributed by atoms with Gasteiger partial charge < -0.3 is 9.88 Å². The molecule has 1 aromatic heterocycles. The van der Waals surface area contributed by atoms with Gasteiger partial charge in [-0.1, -0.05) is 109 Å². The first-order chi connectivity index (χ1) is 18.7. The number of carbonyl (C=O) groups is 2. The number of nitrogens with one attached hydrogen (secondary N) is 2. The fraction of sp³-hybridized carbons (Fsp3) is 0.0938. The summed E-state index contributed by atoms with van der Waals surface area (Å²) >= 11 is 0. The molecule has 0 spiro atoms. The summed E-state index contributed by atoms with van der Waals surface area (Å²) in [5, 5.41) is 7.97. The van der Waals surface area contributed by atoms with Crippen LogP contribution in [0.25, 0.3) is 10.9 Å². The highest BCUT2D eigenvalue weighted by Gasteiger charge is 2.22. The van der Waals surface area contributed by atoms with Crippen molar-refractivity contribution >= 4 is 28.9 Å². The van der Waals surface area contributed by atoms with Crippen LogP contribution in [0.4, 0.5) is 0 Å². The third kappa shape index (κ3) is 5.87. The summed E-state index contributed by atoms with van der Waals surface area (Å²) in [7, 11) is 0. The van der Waals surface area contributed by atoms with Crippen molar-refractivity contribution < 1.29 is 9.59 Å². The highest BCUT2D eigenvalue weighted by atomic mass is 16.2. The van der Waals surface area contributed by atoms with Crippen molar-refractivity contribution in [2.45, 2.75) is 12.5 Å². The summed E-state index contributed by atoms with van der Waals surface area (Å²) in [6.45, 7) is 0.555. The molecule has 6 heteroatoms. The Labute approximate surface area is 221 Å². The third-order valence-electron chi connectivity index (χ3n) is 6.36. The van der Waals surface area contributed by atoms with Gasteiger partial charge >= 0.3 is 0 Å². The number of amides is 2. The van der Waals surface area contributed by atoms with E-state index in [1.807, 2.05) is 103 Å². The Morgan fingerprint density at radius 2 is 1.34 bits per heavy atom. The third-order valence-corrected chi connectivity index (χ3v) is 6.36. The second-order valence-corrected chi connectivity index (χ2v) is 8.98. The van der Waals surface area contributed by atoms with Crippen molar-refractivity contribution in [3.63, 3.8) is 0 Å². The molecule has 4 aromatic carbocycles. The van der Waals surface area contributed by atoms with Crippen molar-refractivity contribution in [1.82, 2.24) is 15.3 Å². The van der Waals surface area contributed by atoms with Crippen molar-refractivity contribution in [1.29, 1.82) is 0 Å². The summed E-state index contributed by atoms with van der Waals surface area (Å²) in [5.74, 6) is -1.16. The predicted octanol–water partition coefficient (Wildman–Crippen LogP) is 5.09. The number of para-hydroxylation sites is 1. The van der Waals surface area contributed by atoms with Crippen LogP contribution in [0.3, 0.4) is 0 Å². The summed E-state index contributed by atoms with van der Waals surface area (Å²) in [4.78, 5) is 25.6. The van der Waals surface area contributed by atoms with Crippen LogP contribution in [-0.2, 0) is 16.1 Å². The molecule has 188 valence electrons. The molecule has 1 heterocycles. The van der Waals surface area contributed by atoms with E-state index in [0.717, 1.165) is 34.1 Å². The van der Waals surface area contributed by atoms with Gasteiger partial charge in [0.05, 0.1) is 18.7 Å². The van der Waals surface area contributed by atoms with Crippen LogP contribution in [0, 0.1) is 0 Å². The molecule has 0 saturated carbocycles. The molecule has 5 rings (SSSR count). The minimum Gasteiger partial charge on any atom is -0.346 e. The van der Waals surface area contributed by atoms with Crippen LogP contribution in [0.5, 0.6) is 0 Å². The monoisotopic (exact) mass is 500 g/mol. The number of benzene rings is 4. The number of nitrogens with zero attached hydrogens (tertiary/aromatic N) is 2. The standard InChI is InChI=1S/C32H28N4O2/c37-30(21-33-32(38)31(25-14-6-2-7-15-25)26-16-8-3-9-17-26)35-34-20-27-23-36(22-24-12-4-1-5-13-24)29-19-11-10-18-28(27)29/h1-20,23,31H,21-22H2,(H,33,38)(H,35,37)/b34-20+. The number of hydrazone groups is 1. The van der Waals surface area contributed by atoms with Gasteiger partial charge in [-0.15, -0.1) is 0 Å². The Hall–Kier alpha value is -4.97. The fourth-order valence-corrected chi connectivity index (χ4v) is 4.56. The highest BCUT2D eigenvalue weighted by Crippen LogP contribution is 2.25. The van der Waals surface area contributed by atoms with Gasteiger partial charge in [0.1, 0.15) is 0 Å². The van der Waals surface area contributed by atoms with Crippen molar-refractivity contribution in [2.24, 2.45) is 5.10 Å². The van der Waals surface area contributed by atoms with Gasteiger partial charge in [0, 0.05) is 29.2 Å². The van der Waals surface area contributed by atoms with Gasteiger partial charge in [-0.05, 0) is 22.8 Å². The van der Waals surface area contributed by atoms with E-state index in [4.69, 9.17) is 0 Å². The van der Waals surface area contributed by atoms with Crippen molar-refractivity contribution in [3.8, 4) is 0 Å². The first-order valence-electron chi connectivity index (χ1n) is 12.5. The van der Waals surface area contributed by atoms with Crippen LogP contribution in [0.15, 0.2) is 127 Å². The van der Waals surface area contributed by atoms with E-state index in [1.54, 1.807) is 6.21 Å². The molecule has 6 nitrogen and oxygen atoms in total. The average molecular weight is 501 g/mol. The summed E-state index contributed by atoms with van der Waals surface area (Å²) in [6, 6.07) is 37.4. The van der Waals surface area contributed by atoms with Gasteiger partial charge in [-0.25, -0.2) is 5.43 Å². The van der Waals surface area contributed by atoms with Crippen LogP contribution >= 0.6 is 0 Å². The molecular weight excluding hydrogens is 472 g/mol. The van der Waals surface area contributed by atoms with E-state index < -0.39 is 11.8 Å². The van der Waals surface area contributed by atoms with Crippen LogP contribution in [0.2, 0.25) is 0 Å². The lowest BCUT2D eigenvalue weighted by molar-refractivity contribution is -0.126. The van der Waals surface area contributed by atoms with Gasteiger partial charge in [0.2, 0.25) is 5.91 Å². The summed E-state index contributed by atoms with van der Waals surface area (Å²) in [5.41, 5.74) is 7.44. The first kappa shape index (κ1) is 24.7.